The average Bonchev–Trinajstić information content (AvgIpc) is 3.27. The lowest BCUT2D eigenvalue weighted by Crippen LogP contribution is -2.27. The third-order valence-corrected chi connectivity index (χ3v) is 5.38. The molecular formula is C23H27N5O2. The third-order valence-electron chi connectivity index (χ3n) is 5.38. The molecule has 4 rings (SSSR count). The van der Waals surface area contributed by atoms with Gasteiger partial charge in [-0.3, -0.25) is 14.2 Å². The number of aryl methyl sites for hydroxylation is 1. The summed E-state index contributed by atoms with van der Waals surface area (Å²) in [5.74, 6) is 0.937. The molecule has 0 spiro atoms. The minimum absolute atomic E-state index is 0.116. The number of fused-ring (bicyclic) bond motifs is 1. The van der Waals surface area contributed by atoms with Crippen LogP contribution in [-0.4, -0.2) is 40.1 Å². The van der Waals surface area contributed by atoms with Crippen LogP contribution in [0.1, 0.15) is 42.7 Å². The van der Waals surface area contributed by atoms with Crippen LogP contribution in [0, 0.1) is 12.8 Å². The Morgan fingerprint density at radius 2 is 1.77 bits per heavy atom. The molecule has 1 aliphatic rings. The molecular weight excluding hydrogens is 378 g/mol. The van der Waals surface area contributed by atoms with Crippen LogP contribution in [0.15, 0.2) is 41.2 Å². The Morgan fingerprint density at radius 1 is 1.07 bits per heavy atom. The van der Waals surface area contributed by atoms with Crippen molar-refractivity contribution in [3.8, 4) is 5.69 Å². The fraction of sp³-hybridized carbons (Fsp3) is 0.391. The van der Waals surface area contributed by atoms with E-state index in [0.717, 1.165) is 37.0 Å². The summed E-state index contributed by atoms with van der Waals surface area (Å²) in [7, 11) is 0. The zero-order valence-electron chi connectivity index (χ0n) is 17.7. The summed E-state index contributed by atoms with van der Waals surface area (Å²) < 4.78 is 1.60. The van der Waals surface area contributed by atoms with Crippen molar-refractivity contribution < 1.29 is 4.79 Å². The van der Waals surface area contributed by atoms with E-state index in [1.54, 1.807) is 34.9 Å². The summed E-state index contributed by atoms with van der Waals surface area (Å²) in [6, 6.07) is 10.4. The van der Waals surface area contributed by atoms with Crippen molar-refractivity contribution in [3.63, 3.8) is 0 Å². The Morgan fingerprint density at radius 3 is 2.43 bits per heavy atom. The number of carbonyl (C=O) groups excluding carboxylic acids is 1. The predicted molar refractivity (Wildman–Crippen MR) is 118 cm³/mol. The molecule has 0 saturated carbocycles. The molecule has 0 radical (unpaired) electrons. The number of nitrogens with one attached hydrogen (secondary N) is 1. The number of pyridine rings is 1. The lowest BCUT2D eigenvalue weighted by atomic mass is 10.1. The van der Waals surface area contributed by atoms with Crippen LogP contribution in [0.2, 0.25) is 0 Å². The van der Waals surface area contributed by atoms with E-state index in [0.29, 0.717) is 35.3 Å². The summed E-state index contributed by atoms with van der Waals surface area (Å²) in [6.07, 6.45) is 2.25. The van der Waals surface area contributed by atoms with Gasteiger partial charge in [0.05, 0.1) is 11.4 Å². The van der Waals surface area contributed by atoms with Crippen molar-refractivity contribution in [2.75, 3.05) is 24.5 Å². The number of aromatic nitrogens is 3. The predicted octanol–water partition coefficient (Wildman–Crippen LogP) is 3.08. The monoisotopic (exact) mass is 405 g/mol. The van der Waals surface area contributed by atoms with Gasteiger partial charge in [-0.1, -0.05) is 13.8 Å². The Bertz CT molecular complexity index is 1130. The van der Waals surface area contributed by atoms with E-state index < -0.39 is 0 Å². The number of amides is 1. The fourth-order valence-electron chi connectivity index (χ4n) is 3.72. The molecule has 1 saturated heterocycles. The number of nitrogens with zero attached hydrogens (tertiary/aromatic N) is 4. The maximum Gasteiger partial charge on any atom is 0.256 e. The second-order valence-corrected chi connectivity index (χ2v) is 8.20. The van der Waals surface area contributed by atoms with Crippen LogP contribution < -0.4 is 15.8 Å². The van der Waals surface area contributed by atoms with E-state index in [9.17, 15) is 9.59 Å². The molecule has 3 heterocycles. The summed E-state index contributed by atoms with van der Waals surface area (Å²) in [6.45, 7) is 8.54. The molecule has 0 aliphatic carbocycles. The summed E-state index contributed by atoms with van der Waals surface area (Å²) in [5, 5.41) is 3.76. The Labute approximate surface area is 175 Å². The SMILES string of the molecule is Cc1nc(N2CCCC2)nc2c1ccc(=O)n2-c1ccc(C(=O)NCC(C)C)cc1. The highest BCUT2D eigenvalue weighted by Gasteiger charge is 2.18. The second-order valence-electron chi connectivity index (χ2n) is 8.20. The van der Waals surface area contributed by atoms with Gasteiger partial charge in [0.25, 0.3) is 11.5 Å². The standard InChI is InChI=1S/C23H27N5O2/c1-15(2)14-24-22(30)17-6-8-18(9-7-17)28-20(29)11-10-19-16(3)25-23(26-21(19)28)27-12-4-5-13-27/h6-11,15H,4-5,12-14H2,1-3H3,(H,24,30). The number of benzene rings is 1. The molecule has 3 aromatic rings. The first-order valence-corrected chi connectivity index (χ1v) is 10.5. The van der Waals surface area contributed by atoms with Crippen LogP contribution in [0.5, 0.6) is 0 Å². The number of rotatable bonds is 5. The molecule has 1 amide bonds. The van der Waals surface area contributed by atoms with Crippen molar-refractivity contribution in [1.82, 2.24) is 19.9 Å². The lowest BCUT2D eigenvalue weighted by molar-refractivity contribution is 0.0949. The molecule has 0 unspecified atom stereocenters. The largest absolute Gasteiger partial charge is 0.352 e. The fourth-order valence-corrected chi connectivity index (χ4v) is 3.72. The molecule has 0 atom stereocenters. The molecule has 0 bridgehead atoms. The van der Waals surface area contributed by atoms with Crippen molar-refractivity contribution >= 4 is 22.9 Å². The van der Waals surface area contributed by atoms with Gasteiger partial charge in [0.15, 0.2) is 5.65 Å². The zero-order valence-corrected chi connectivity index (χ0v) is 17.7. The highest BCUT2D eigenvalue weighted by atomic mass is 16.1. The van der Waals surface area contributed by atoms with Crippen LogP contribution in [0.3, 0.4) is 0 Å². The minimum Gasteiger partial charge on any atom is -0.352 e. The van der Waals surface area contributed by atoms with Gasteiger partial charge < -0.3 is 10.2 Å². The van der Waals surface area contributed by atoms with Crippen molar-refractivity contribution in [2.45, 2.75) is 33.6 Å². The first-order chi connectivity index (χ1) is 14.4. The van der Waals surface area contributed by atoms with E-state index in [-0.39, 0.29) is 11.5 Å². The van der Waals surface area contributed by atoms with E-state index in [2.05, 4.69) is 29.0 Å². The van der Waals surface area contributed by atoms with E-state index in [1.807, 2.05) is 6.92 Å². The highest BCUT2D eigenvalue weighted by Crippen LogP contribution is 2.23. The number of anilines is 1. The molecule has 1 N–H and O–H groups in total. The Hall–Kier alpha value is -3.22. The molecule has 7 nitrogen and oxygen atoms in total. The smallest absolute Gasteiger partial charge is 0.256 e. The molecule has 30 heavy (non-hydrogen) atoms. The number of carbonyl (C=O) groups is 1. The van der Waals surface area contributed by atoms with E-state index >= 15 is 0 Å². The lowest BCUT2D eigenvalue weighted by Gasteiger charge is -2.18. The van der Waals surface area contributed by atoms with Crippen molar-refractivity contribution in [1.29, 1.82) is 0 Å². The van der Waals surface area contributed by atoms with Gasteiger partial charge in [-0.15, -0.1) is 0 Å². The Kier molecular flexibility index (Phi) is 5.53. The third kappa shape index (κ3) is 3.92. The maximum atomic E-state index is 12.8. The molecule has 2 aromatic heterocycles. The second kappa shape index (κ2) is 8.26. The topological polar surface area (TPSA) is 80.1 Å². The van der Waals surface area contributed by atoms with Gasteiger partial charge in [0.1, 0.15) is 0 Å². The quantitative estimate of drug-likeness (QED) is 0.706. The number of hydrogen-bond acceptors (Lipinski definition) is 5. The first kappa shape index (κ1) is 20.1. The molecule has 1 fully saturated rings. The van der Waals surface area contributed by atoms with E-state index in [1.165, 1.54) is 6.07 Å². The van der Waals surface area contributed by atoms with Crippen LogP contribution in [0.4, 0.5) is 5.95 Å². The first-order valence-electron chi connectivity index (χ1n) is 10.5. The van der Waals surface area contributed by atoms with E-state index in [4.69, 9.17) is 4.98 Å². The van der Waals surface area contributed by atoms with Gasteiger partial charge in [0, 0.05) is 36.7 Å². The van der Waals surface area contributed by atoms with Gasteiger partial charge >= 0.3 is 0 Å². The molecule has 1 aromatic carbocycles. The normalized spacial score (nSPS) is 13.9. The zero-order chi connectivity index (χ0) is 21.3. The minimum atomic E-state index is -0.162. The molecule has 1 aliphatic heterocycles. The van der Waals surface area contributed by atoms with Crippen LogP contribution >= 0.6 is 0 Å². The maximum absolute atomic E-state index is 12.8. The van der Waals surface area contributed by atoms with Gasteiger partial charge in [-0.25, -0.2) is 4.98 Å². The summed E-state index contributed by atoms with van der Waals surface area (Å²) >= 11 is 0. The average molecular weight is 406 g/mol. The van der Waals surface area contributed by atoms with Gasteiger partial charge in [-0.2, -0.15) is 4.98 Å². The van der Waals surface area contributed by atoms with Crippen LogP contribution in [0.25, 0.3) is 16.7 Å². The summed E-state index contributed by atoms with van der Waals surface area (Å²) in [4.78, 5) is 36.7. The van der Waals surface area contributed by atoms with Crippen molar-refractivity contribution in [3.05, 3.63) is 58.0 Å². The number of hydrogen-bond donors (Lipinski definition) is 1. The summed E-state index contributed by atoms with van der Waals surface area (Å²) in [5.41, 5.74) is 2.52. The van der Waals surface area contributed by atoms with Crippen LogP contribution in [-0.2, 0) is 0 Å². The van der Waals surface area contributed by atoms with Crippen molar-refractivity contribution in [2.24, 2.45) is 5.92 Å². The van der Waals surface area contributed by atoms with Gasteiger partial charge in [0.2, 0.25) is 5.95 Å². The van der Waals surface area contributed by atoms with Gasteiger partial charge in [-0.05, 0) is 56.0 Å². The molecule has 156 valence electrons. The Balaban J connectivity index is 1.75. The highest BCUT2D eigenvalue weighted by molar-refractivity contribution is 5.94. The molecule has 7 heteroatoms.